The number of rotatable bonds is 2. The highest BCUT2D eigenvalue weighted by atomic mass is 35.5. The fraction of sp³-hybridized carbons (Fsp3) is 0.100. The van der Waals surface area contributed by atoms with Crippen LogP contribution in [0.2, 0.25) is 5.02 Å². The second-order valence-corrected chi connectivity index (χ2v) is 6.33. The lowest BCUT2D eigenvalue weighted by atomic mass is 9.98. The number of fused-ring (bicyclic) bond motifs is 3. The van der Waals surface area contributed by atoms with Gasteiger partial charge in [-0.2, -0.15) is 5.26 Å². The first-order chi connectivity index (χ1) is 13.1. The van der Waals surface area contributed by atoms with Crippen LogP contribution in [0.4, 0.5) is 0 Å². The second kappa shape index (κ2) is 6.71. The number of carbonyl (C=O) groups is 1. The predicted octanol–water partition coefficient (Wildman–Crippen LogP) is 3.81. The van der Waals surface area contributed by atoms with Crippen LogP contribution in [0, 0.1) is 11.3 Å². The summed E-state index contributed by atoms with van der Waals surface area (Å²) in [4.78, 5) is 20.6. The van der Waals surface area contributed by atoms with Gasteiger partial charge in [-0.1, -0.05) is 29.8 Å². The third-order valence-corrected chi connectivity index (χ3v) is 4.51. The number of hydrogen-bond donors (Lipinski definition) is 0. The summed E-state index contributed by atoms with van der Waals surface area (Å²) in [6, 6.07) is 14.7. The molecule has 0 saturated heterocycles. The number of ether oxygens (including phenoxy) is 1. The van der Waals surface area contributed by atoms with Gasteiger partial charge in [0.15, 0.2) is 5.82 Å². The molecule has 4 rings (SSSR count). The normalized spacial score (nSPS) is 15.0. The van der Waals surface area contributed by atoms with E-state index in [0.29, 0.717) is 33.2 Å². The van der Waals surface area contributed by atoms with Crippen molar-refractivity contribution in [3.05, 3.63) is 82.4 Å². The summed E-state index contributed by atoms with van der Waals surface area (Å²) in [5, 5.41) is 9.85. The van der Waals surface area contributed by atoms with E-state index in [9.17, 15) is 10.1 Å². The van der Waals surface area contributed by atoms with Crippen molar-refractivity contribution in [2.24, 2.45) is 4.99 Å². The standard InChI is InChI=1S/C20H13ClN4O2/c1-12(26)27-20-19-23-8-9-25(19)17-7-6-13(11-22)10-15(17)18(24-20)14-4-2-3-5-16(14)21/h2-10,20H,1H3. The Hall–Kier alpha value is -3.43. The van der Waals surface area contributed by atoms with Gasteiger partial charge in [0.05, 0.1) is 23.0 Å². The summed E-state index contributed by atoms with van der Waals surface area (Å²) in [7, 11) is 0. The van der Waals surface area contributed by atoms with Crippen molar-refractivity contribution in [3.8, 4) is 11.8 Å². The van der Waals surface area contributed by atoms with Gasteiger partial charge in [-0.05, 0) is 24.3 Å². The van der Waals surface area contributed by atoms with Crippen LogP contribution in [0.5, 0.6) is 0 Å². The van der Waals surface area contributed by atoms with E-state index >= 15 is 0 Å². The summed E-state index contributed by atoms with van der Waals surface area (Å²) in [6.07, 6.45) is 2.45. The highest BCUT2D eigenvalue weighted by Crippen LogP contribution is 2.33. The second-order valence-electron chi connectivity index (χ2n) is 5.92. The molecule has 1 atom stereocenters. The summed E-state index contributed by atoms with van der Waals surface area (Å²) in [5.41, 5.74) is 3.18. The SMILES string of the molecule is CC(=O)OC1N=C(c2ccccc2Cl)c2cc(C#N)ccc2-n2ccnc21. The molecule has 1 aromatic heterocycles. The molecule has 132 valence electrons. The first-order valence-electron chi connectivity index (χ1n) is 8.16. The highest BCUT2D eigenvalue weighted by Gasteiger charge is 2.28. The largest absolute Gasteiger partial charge is 0.432 e. The van der Waals surface area contributed by atoms with E-state index in [4.69, 9.17) is 16.3 Å². The van der Waals surface area contributed by atoms with Crippen LogP contribution in [0.25, 0.3) is 5.69 Å². The zero-order valence-electron chi connectivity index (χ0n) is 14.3. The van der Waals surface area contributed by atoms with Gasteiger partial charge in [0, 0.05) is 35.5 Å². The van der Waals surface area contributed by atoms with Crippen LogP contribution in [0.1, 0.15) is 35.7 Å². The van der Waals surface area contributed by atoms with Crippen molar-refractivity contribution in [1.82, 2.24) is 9.55 Å². The van der Waals surface area contributed by atoms with E-state index in [1.165, 1.54) is 6.92 Å². The number of benzene rings is 2. The molecule has 3 aromatic rings. The Labute approximate surface area is 160 Å². The lowest BCUT2D eigenvalue weighted by molar-refractivity contribution is -0.146. The van der Waals surface area contributed by atoms with E-state index in [1.807, 2.05) is 24.3 Å². The molecule has 7 heteroatoms. The maximum Gasteiger partial charge on any atom is 0.304 e. The number of aliphatic imine (C=N–C) groups is 1. The van der Waals surface area contributed by atoms with Crippen LogP contribution in [0.3, 0.4) is 0 Å². The number of halogens is 1. The van der Waals surface area contributed by atoms with Gasteiger partial charge in [-0.15, -0.1) is 0 Å². The number of imidazole rings is 1. The number of esters is 1. The van der Waals surface area contributed by atoms with E-state index in [0.717, 1.165) is 5.69 Å². The summed E-state index contributed by atoms with van der Waals surface area (Å²) >= 11 is 6.41. The van der Waals surface area contributed by atoms with Crippen molar-refractivity contribution < 1.29 is 9.53 Å². The van der Waals surface area contributed by atoms with Crippen molar-refractivity contribution in [3.63, 3.8) is 0 Å². The fourth-order valence-corrected chi connectivity index (χ4v) is 3.28. The first-order valence-corrected chi connectivity index (χ1v) is 8.54. The third-order valence-electron chi connectivity index (χ3n) is 4.18. The molecule has 0 N–H and O–H groups in total. The molecule has 2 aromatic carbocycles. The molecule has 0 fully saturated rings. The monoisotopic (exact) mass is 376 g/mol. The minimum absolute atomic E-state index is 0.471. The number of nitriles is 1. The van der Waals surface area contributed by atoms with Crippen molar-refractivity contribution >= 4 is 23.3 Å². The number of carbonyl (C=O) groups excluding carboxylic acids is 1. The van der Waals surface area contributed by atoms with E-state index < -0.39 is 12.2 Å². The Morgan fingerprint density at radius 1 is 1.26 bits per heavy atom. The molecule has 0 spiro atoms. The third kappa shape index (κ3) is 2.98. The van der Waals surface area contributed by atoms with Crippen molar-refractivity contribution in [2.75, 3.05) is 0 Å². The summed E-state index contributed by atoms with van der Waals surface area (Å²) < 4.78 is 7.22. The zero-order chi connectivity index (χ0) is 19.0. The van der Waals surface area contributed by atoms with Crippen LogP contribution >= 0.6 is 11.6 Å². The molecule has 0 amide bonds. The van der Waals surface area contributed by atoms with Gasteiger partial charge < -0.3 is 4.74 Å². The molecular weight excluding hydrogens is 364 g/mol. The molecule has 0 bridgehead atoms. The lowest BCUT2D eigenvalue weighted by Crippen LogP contribution is -2.11. The molecule has 0 aliphatic carbocycles. The Bertz CT molecular complexity index is 1130. The summed E-state index contributed by atoms with van der Waals surface area (Å²) in [5.74, 6) is -0.00121. The van der Waals surface area contributed by atoms with Crippen LogP contribution in [-0.4, -0.2) is 21.2 Å². The van der Waals surface area contributed by atoms with Crippen molar-refractivity contribution in [1.29, 1.82) is 5.26 Å². The van der Waals surface area contributed by atoms with Crippen LogP contribution < -0.4 is 0 Å². The average molecular weight is 377 g/mol. The average Bonchev–Trinajstić information content (AvgIpc) is 3.10. The maximum absolute atomic E-state index is 11.6. The molecule has 0 saturated carbocycles. The molecule has 2 heterocycles. The van der Waals surface area contributed by atoms with Gasteiger partial charge in [0.2, 0.25) is 0 Å². The number of hydrogen-bond acceptors (Lipinski definition) is 5. The van der Waals surface area contributed by atoms with E-state index in [1.54, 1.807) is 35.2 Å². The fourth-order valence-electron chi connectivity index (χ4n) is 3.06. The summed E-state index contributed by atoms with van der Waals surface area (Å²) in [6.45, 7) is 1.32. The van der Waals surface area contributed by atoms with Gasteiger partial charge in [0.25, 0.3) is 6.23 Å². The van der Waals surface area contributed by atoms with E-state index in [2.05, 4.69) is 16.0 Å². The smallest absolute Gasteiger partial charge is 0.304 e. The Balaban J connectivity index is 2.04. The quantitative estimate of drug-likeness (QED) is 0.637. The molecule has 6 nitrogen and oxygen atoms in total. The Morgan fingerprint density at radius 2 is 2.07 bits per heavy atom. The number of aromatic nitrogens is 2. The lowest BCUT2D eigenvalue weighted by Gasteiger charge is -2.13. The minimum atomic E-state index is -0.929. The zero-order valence-corrected chi connectivity index (χ0v) is 15.0. The number of nitrogens with zero attached hydrogens (tertiary/aromatic N) is 4. The van der Waals surface area contributed by atoms with Gasteiger partial charge in [0.1, 0.15) is 0 Å². The van der Waals surface area contributed by atoms with E-state index in [-0.39, 0.29) is 0 Å². The van der Waals surface area contributed by atoms with Gasteiger partial charge >= 0.3 is 5.97 Å². The molecule has 1 unspecified atom stereocenters. The predicted molar refractivity (Wildman–Crippen MR) is 99.9 cm³/mol. The molecule has 0 radical (unpaired) electrons. The Kier molecular flexibility index (Phi) is 4.22. The topological polar surface area (TPSA) is 80.3 Å². The Morgan fingerprint density at radius 3 is 2.81 bits per heavy atom. The van der Waals surface area contributed by atoms with Crippen LogP contribution in [-0.2, 0) is 9.53 Å². The van der Waals surface area contributed by atoms with Gasteiger partial charge in [-0.25, -0.2) is 9.98 Å². The molecule has 1 aliphatic rings. The van der Waals surface area contributed by atoms with Crippen LogP contribution in [0.15, 0.2) is 59.9 Å². The highest BCUT2D eigenvalue weighted by molar-refractivity contribution is 6.35. The molecule has 27 heavy (non-hydrogen) atoms. The first kappa shape index (κ1) is 17.0. The molecule has 1 aliphatic heterocycles. The van der Waals surface area contributed by atoms with Gasteiger partial charge in [-0.3, -0.25) is 9.36 Å². The van der Waals surface area contributed by atoms with Crippen molar-refractivity contribution in [2.45, 2.75) is 13.2 Å². The maximum atomic E-state index is 11.6. The molecular formula is C20H13ClN4O2. The minimum Gasteiger partial charge on any atom is -0.432 e.